The molecule has 12 heteroatoms. The maximum atomic E-state index is 12.1. The summed E-state index contributed by atoms with van der Waals surface area (Å²) in [6.07, 6.45) is 5.37. The molecule has 2 N–H and O–H groups in total. The third-order valence-corrected chi connectivity index (χ3v) is 8.77. The summed E-state index contributed by atoms with van der Waals surface area (Å²) in [5.41, 5.74) is 0.861. The Morgan fingerprint density at radius 1 is 1.21 bits per heavy atom. The van der Waals surface area contributed by atoms with Crippen LogP contribution in [0.4, 0.5) is 11.8 Å². The Balaban J connectivity index is 1.60. The van der Waals surface area contributed by atoms with Crippen molar-refractivity contribution in [1.29, 1.82) is 0 Å². The van der Waals surface area contributed by atoms with Crippen LogP contribution in [0.2, 0.25) is 10.0 Å². The number of halogens is 2. The molecular formula is C30H35Cl2N5O5. The van der Waals surface area contributed by atoms with Crippen LogP contribution in [0.15, 0.2) is 31.0 Å². The number of hydrogen-bond acceptors (Lipinski definition) is 10. The van der Waals surface area contributed by atoms with Gasteiger partial charge < -0.3 is 29.5 Å². The van der Waals surface area contributed by atoms with Crippen LogP contribution in [0.25, 0.3) is 22.2 Å². The zero-order valence-electron chi connectivity index (χ0n) is 24.0. The van der Waals surface area contributed by atoms with Gasteiger partial charge in [0, 0.05) is 49.3 Å². The van der Waals surface area contributed by atoms with Crippen LogP contribution in [-0.2, 0) is 9.53 Å². The summed E-state index contributed by atoms with van der Waals surface area (Å²) in [5, 5.41) is 15.3. The van der Waals surface area contributed by atoms with Crippen molar-refractivity contribution < 1.29 is 24.1 Å². The maximum Gasteiger partial charge on any atom is 0.223 e. The number of carbonyl (C=O) groups is 1. The zero-order chi connectivity index (χ0) is 30.0. The van der Waals surface area contributed by atoms with Crippen molar-refractivity contribution in [2.45, 2.75) is 44.2 Å². The molecule has 0 unspecified atom stereocenters. The number of ether oxygens (including phenoxy) is 3. The maximum absolute atomic E-state index is 12.1. The highest BCUT2D eigenvalue weighted by Crippen LogP contribution is 2.46. The van der Waals surface area contributed by atoms with Gasteiger partial charge in [0.1, 0.15) is 17.0 Å². The Morgan fingerprint density at radius 3 is 2.55 bits per heavy atom. The van der Waals surface area contributed by atoms with Crippen LogP contribution >= 0.6 is 23.2 Å². The normalized spacial score (nSPS) is 20.3. The van der Waals surface area contributed by atoms with E-state index in [2.05, 4.69) is 21.8 Å². The standard InChI is InChI=1S/C30H35Cl2N5O5/c1-5-19(38)12-17-6-11-42-16-21(17)35-29-33-15-18-13-20(24-25(31)22(40-3)14-23(41-4)26(24)32)34-28(27(18)36-29)37-9-7-30(2,39)8-10-37/h5,13-15,17,21,39H,1,6-12,16H2,2-4H3,(H,33,35,36)/t17-,21-/m1/s1. The van der Waals surface area contributed by atoms with E-state index < -0.39 is 5.60 Å². The Labute approximate surface area is 255 Å². The van der Waals surface area contributed by atoms with Crippen molar-refractivity contribution in [2.75, 3.05) is 50.7 Å². The summed E-state index contributed by atoms with van der Waals surface area (Å²) in [7, 11) is 3.05. The van der Waals surface area contributed by atoms with Gasteiger partial charge in [0.25, 0.3) is 0 Å². The number of piperidine rings is 1. The number of nitrogens with zero attached hydrogens (tertiary/aromatic N) is 4. The number of nitrogens with one attached hydrogen (secondary N) is 1. The van der Waals surface area contributed by atoms with Gasteiger partial charge in [-0.25, -0.2) is 15.0 Å². The predicted molar refractivity (Wildman–Crippen MR) is 164 cm³/mol. The molecule has 0 spiro atoms. The van der Waals surface area contributed by atoms with E-state index in [-0.39, 0.29) is 17.7 Å². The Morgan fingerprint density at radius 2 is 1.90 bits per heavy atom. The molecule has 0 bridgehead atoms. The predicted octanol–water partition coefficient (Wildman–Crippen LogP) is 5.33. The smallest absolute Gasteiger partial charge is 0.223 e. The van der Waals surface area contributed by atoms with Crippen molar-refractivity contribution in [3.8, 4) is 22.8 Å². The van der Waals surface area contributed by atoms with Gasteiger partial charge in [-0.05, 0) is 44.2 Å². The highest BCUT2D eigenvalue weighted by Gasteiger charge is 2.31. The summed E-state index contributed by atoms with van der Waals surface area (Å²) < 4.78 is 16.7. The van der Waals surface area contributed by atoms with E-state index in [1.165, 1.54) is 20.3 Å². The second-order valence-electron chi connectivity index (χ2n) is 11.0. The van der Waals surface area contributed by atoms with Crippen molar-refractivity contribution >= 4 is 51.7 Å². The number of benzene rings is 1. The van der Waals surface area contributed by atoms with E-state index in [4.69, 9.17) is 47.4 Å². The summed E-state index contributed by atoms with van der Waals surface area (Å²) in [4.78, 5) is 28.8. The average Bonchev–Trinajstić information content (AvgIpc) is 2.98. The molecule has 0 radical (unpaired) electrons. The lowest BCUT2D eigenvalue weighted by atomic mass is 9.90. The highest BCUT2D eigenvalue weighted by molar-refractivity contribution is 6.41. The molecular weight excluding hydrogens is 581 g/mol. The van der Waals surface area contributed by atoms with E-state index in [1.807, 2.05) is 13.0 Å². The van der Waals surface area contributed by atoms with Gasteiger partial charge in [0.2, 0.25) is 5.95 Å². The molecule has 4 heterocycles. The minimum Gasteiger partial charge on any atom is -0.495 e. The first-order valence-electron chi connectivity index (χ1n) is 13.9. The SMILES string of the molecule is C=CC(=O)C[C@H]1CCOC[C@H]1Nc1ncc2cc(-c3c(Cl)c(OC)cc(OC)c3Cl)nc(N3CCC(C)(O)CC3)c2n1. The molecule has 3 aromatic rings. The van der Waals surface area contributed by atoms with Crippen molar-refractivity contribution in [3.05, 3.63) is 41.0 Å². The first-order chi connectivity index (χ1) is 20.1. The lowest BCUT2D eigenvalue weighted by molar-refractivity contribution is -0.116. The highest BCUT2D eigenvalue weighted by atomic mass is 35.5. The fourth-order valence-corrected chi connectivity index (χ4v) is 6.14. The molecule has 0 amide bonds. The van der Waals surface area contributed by atoms with Crippen molar-refractivity contribution in [3.63, 3.8) is 0 Å². The molecule has 0 aliphatic carbocycles. The minimum atomic E-state index is -0.753. The molecule has 1 aromatic carbocycles. The fourth-order valence-electron chi connectivity index (χ4n) is 5.44. The molecule has 2 saturated heterocycles. The number of hydrogen-bond donors (Lipinski definition) is 2. The molecule has 5 rings (SSSR count). The van der Waals surface area contributed by atoms with E-state index in [1.54, 1.807) is 12.3 Å². The number of anilines is 2. The van der Waals surface area contributed by atoms with Crippen LogP contribution < -0.4 is 19.7 Å². The Kier molecular flexibility index (Phi) is 9.08. The van der Waals surface area contributed by atoms with E-state index in [0.29, 0.717) is 95.7 Å². The van der Waals surface area contributed by atoms with Crippen molar-refractivity contribution in [1.82, 2.24) is 15.0 Å². The number of allylic oxidation sites excluding steroid dienone is 1. The van der Waals surface area contributed by atoms with Gasteiger partial charge in [-0.2, -0.15) is 0 Å². The van der Waals surface area contributed by atoms with E-state index >= 15 is 0 Å². The lowest BCUT2D eigenvalue weighted by Crippen LogP contribution is -2.43. The molecule has 2 aliphatic heterocycles. The number of carbonyl (C=O) groups excluding carboxylic acids is 1. The molecule has 224 valence electrons. The molecule has 2 atom stereocenters. The number of fused-ring (bicyclic) bond motifs is 1. The Hall–Kier alpha value is -3.18. The second kappa shape index (κ2) is 12.6. The molecule has 2 aliphatic rings. The van der Waals surface area contributed by atoms with Crippen LogP contribution in [0.3, 0.4) is 0 Å². The van der Waals surface area contributed by atoms with Gasteiger partial charge >= 0.3 is 0 Å². The number of pyridine rings is 1. The summed E-state index contributed by atoms with van der Waals surface area (Å²) in [6, 6.07) is 3.33. The quantitative estimate of drug-likeness (QED) is 0.306. The number of aromatic nitrogens is 3. The number of rotatable bonds is 9. The van der Waals surface area contributed by atoms with Gasteiger partial charge in [0.05, 0.1) is 48.2 Å². The first kappa shape index (κ1) is 30.3. The average molecular weight is 617 g/mol. The third-order valence-electron chi connectivity index (χ3n) is 8.02. The van der Waals surface area contributed by atoms with Crippen LogP contribution in [0, 0.1) is 5.92 Å². The van der Waals surface area contributed by atoms with Crippen LogP contribution in [-0.4, -0.2) is 78.0 Å². The summed E-state index contributed by atoms with van der Waals surface area (Å²) >= 11 is 13.5. The summed E-state index contributed by atoms with van der Waals surface area (Å²) in [6.45, 7) is 7.65. The number of aliphatic hydroxyl groups is 1. The minimum absolute atomic E-state index is 0.000350. The lowest BCUT2D eigenvalue weighted by Gasteiger charge is -2.37. The van der Waals surface area contributed by atoms with Crippen LogP contribution in [0.5, 0.6) is 11.5 Å². The second-order valence-corrected chi connectivity index (χ2v) is 11.7. The van der Waals surface area contributed by atoms with Crippen LogP contribution in [0.1, 0.15) is 32.6 Å². The largest absolute Gasteiger partial charge is 0.495 e. The van der Waals surface area contributed by atoms with E-state index in [9.17, 15) is 9.90 Å². The molecule has 10 nitrogen and oxygen atoms in total. The summed E-state index contributed by atoms with van der Waals surface area (Å²) in [5.74, 6) is 1.91. The van der Waals surface area contributed by atoms with Gasteiger partial charge in [-0.3, -0.25) is 4.79 Å². The third kappa shape index (κ3) is 6.27. The fraction of sp³-hybridized carbons (Fsp3) is 0.467. The van der Waals surface area contributed by atoms with Gasteiger partial charge in [-0.1, -0.05) is 29.8 Å². The first-order valence-corrected chi connectivity index (χ1v) is 14.6. The number of methoxy groups -OCH3 is 2. The van der Waals surface area contributed by atoms with Gasteiger partial charge in [-0.15, -0.1) is 0 Å². The zero-order valence-corrected chi connectivity index (χ0v) is 25.5. The monoisotopic (exact) mass is 615 g/mol. The topological polar surface area (TPSA) is 119 Å². The molecule has 2 fully saturated rings. The molecule has 42 heavy (non-hydrogen) atoms. The van der Waals surface area contributed by atoms with E-state index in [0.717, 1.165) is 11.8 Å². The molecule has 2 aromatic heterocycles. The number of ketones is 1. The van der Waals surface area contributed by atoms with Crippen molar-refractivity contribution in [2.24, 2.45) is 5.92 Å². The molecule has 0 saturated carbocycles. The van der Waals surface area contributed by atoms with Gasteiger partial charge in [0.15, 0.2) is 11.6 Å². The Bertz CT molecular complexity index is 1460.